The van der Waals surface area contributed by atoms with E-state index in [-0.39, 0.29) is 5.92 Å². The first-order chi connectivity index (χ1) is 11.0. The van der Waals surface area contributed by atoms with E-state index < -0.39 is 23.1 Å². The molecule has 1 saturated heterocycles. The lowest BCUT2D eigenvalue weighted by Gasteiger charge is -2.32. The second kappa shape index (κ2) is 6.19. The molecule has 1 unspecified atom stereocenters. The normalized spacial score (nSPS) is 18.2. The number of aromatic nitrogens is 3. The number of rotatable bonds is 2. The van der Waals surface area contributed by atoms with Gasteiger partial charge < -0.3 is 9.47 Å². The first kappa shape index (κ1) is 15.8. The highest BCUT2D eigenvalue weighted by Crippen LogP contribution is 2.27. The van der Waals surface area contributed by atoms with E-state index in [1.54, 1.807) is 11.6 Å². The highest BCUT2D eigenvalue weighted by atomic mass is 32.1. The number of piperidine rings is 1. The fraction of sp³-hybridized carbons (Fsp3) is 0.400. The number of hydrogen-bond donors (Lipinski definition) is 1. The summed E-state index contributed by atoms with van der Waals surface area (Å²) >= 11 is 5.10. The number of carbonyl (C=O) groups is 1. The number of aromatic amines is 1. The molecule has 1 atom stereocenters. The highest BCUT2D eigenvalue weighted by molar-refractivity contribution is 7.71. The molecule has 2 aromatic rings. The van der Waals surface area contributed by atoms with Gasteiger partial charge in [-0.2, -0.15) is 5.10 Å². The van der Waals surface area contributed by atoms with Crippen molar-refractivity contribution in [2.75, 3.05) is 13.1 Å². The first-order valence-corrected chi connectivity index (χ1v) is 7.74. The quantitative estimate of drug-likeness (QED) is 0.857. The number of amides is 1. The largest absolute Gasteiger partial charge is 0.338 e. The van der Waals surface area contributed by atoms with Crippen LogP contribution in [0.2, 0.25) is 0 Å². The third-order valence-electron chi connectivity index (χ3n) is 4.16. The van der Waals surface area contributed by atoms with Gasteiger partial charge in [0.2, 0.25) is 0 Å². The Morgan fingerprint density at radius 2 is 2.09 bits per heavy atom. The second-order valence-corrected chi connectivity index (χ2v) is 6.02. The summed E-state index contributed by atoms with van der Waals surface area (Å²) in [5.41, 5.74) is -0.497. The van der Waals surface area contributed by atoms with E-state index in [0.29, 0.717) is 17.9 Å². The molecule has 8 heteroatoms. The minimum Gasteiger partial charge on any atom is -0.338 e. The van der Waals surface area contributed by atoms with Gasteiger partial charge in [-0.15, -0.1) is 0 Å². The Kier molecular flexibility index (Phi) is 4.25. The molecule has 5 nitrogen and oxygen atoms in total. The zero-order chi connectivity index (χ0) is 16.6. The molecule has 2 heterocycles. The van der Waals surface area contributed by atoms with Gasteiger partial charge in [-0.25, -0.2) is 8.78 Å². The molecule has 0 aliphatic carbocycles. The summed E-state index contributed by atoms with van der Waals surface area (Å²) in [6.45, 7) is 0.831. The number of hydrogen-bond acceptors (Lipinski definition) is 3. The number of benzene rings is 1. The molecule has 1 aromatic carbocycles. The maximum absolute atomic E-state index is 13.8. The third-order valence-corrected chi connectivity index (χ3v) is 4.53. The Morgan fingerprint density at radius 1 is 1.39 bits per heavy atom. The van der Waals surface area contributed by atoms with Crippen LogP contribution in [0.25, 0.3) is 0 Å². The SMILES string of the molecule is Cn1c(C2CCCN(C(=O)c3c(F)cccc3F)C2)n[nH]c1=S. The number of likely N-dealkylation sites (tertiary alicyclic amines) is 1. The lowest BCUT2D eigenvalue weighted by molar-refractivity contribution is 0.0693. The predicted molar refractivity (Wildman–Crippen MR) is 82.6 cm³/mol. The number of H-pyrrole nitrogens is 1. The number of nitrogens with zero attached hydrogens (tertiary/aromatic N) is 3. The molecule has 1 N–H and O–H groups in total. The van der Waals surface area contributed by atoms with E-state index in [1.165, 1.54) is 11.0 Å². The van der Waals surface area contributed by atoms with Crippen LogP contribution in [0.1, 0.15) is 34.9 Å². The molecule has 1 aliphatic rings. The van der Waals surface area contributed by atoms with E-state index in [2.05, 4.69) is 10.2 Å². The van der Waals surface area contributed by atoms with Crippen LogP contribution in [-0.4, -0.2) is 38.7 Å². The van der Waals surface area contributed by atoms with Crippen molar-refractivity contribution in [2.45, 2.75) is 18.8 Å². The summed E-state index contributed by atoms with van der Waals surface area (Å²) in [5.74, 6) is -1.56. The molecule has 1 aliphatic heterocycles. The van der Waals surface area contributed by atoms with Gasteiger partial charge in [0.05, 0.1) is 0 Å². The monoisotopic (exact) mass is 338 g/mol. The molecule has 122 valence electrons. The fourth-order valence-corrected chi connectivity index (χ4v) is 3.10. The molecule has 3 rings (SSSR count). The Balaban J connectivity index is 1.85. The average molecular weight is 338 g/mol. The van der Waals surface area contributed by atoms with E-state index in [1.807, 2.05) is 0 Å². The molecule has 1 fully saturated rings. The van der Waals surface area contributed by atoms with E-state index in [4.69, 9.17) is 12.2 Å². The van der Waals surface area contributed by atoms with Crippen LogP contribution in [0.3, 0.4) is 0 Å². The van der Waals surface area contributed by atoms with Crippen LogP contribution in [0, 0.1) is 16.4 Å². The van der Waals surface area contributed by atoms with Crippen LogP contribution < -0.4 is 0 Å². The minimum atomic E-state index is -0.838. The second-order valence-electron chi connectivity index (χ2n) is 5.63. The maximum Gasteiger partial charge on any atom is 0.259 e. The lowest BCUT2D eigenvalue weighted by Crippen LogP contribution is -2.40. The molecule has 1 aromatic heterocycles. The van der Waals surface area contributed by atoms with Crippen LogP contribution in [0.5, 0.6) is 0 Å². The smallest absolute Gasteiger partial charge is 0.259 e. The van der Waals surface area contributed by atoms with Gasteiger partial charge in [0.1, 0.15) is 23.0 Å². The number of carbonyl (C=O) groups excluding carboxylic acids is 1. The Labute approximate surface area is 136 Å². The molecule has 0 spiro atoms. The molecular formula is C15H16F2N4OS. The fourth-order valence-electron chi connectivity index (χ4n) is 2.96. The van der Waals surface area contributed by atoms with Crippen molar-refractivity contribution in [3.8, 4) is 0 Å². The highest BCUT2D eigenvalue weighted by Gasteiger charge is 2.30. The molecule has 1 amide bonds. The summed E-state index contributed by atoms with van der Waals surface area (Å²) < 4.78 is 29.9. The number of nitrogens with one attached hydrogen (secondary N) is 1. The summed E-state index contributed by atoms with van der Waals surface area (Å²) in [5, 5.41) is 6.92. The Hall–Kier alpha value is -2.09. The minimum absolute atomic E-state index is 0.0134. The van der Waals surface area contributed by atoms with E-state index >= 15 is 0 Å². The molecule has 0 bridgehead atoms. The van der Waals surface area contributed by atoms with Crippen LogP contribution in [0.15, 0.2) is 18.2 Å². The van der Waals surface area contributed by atoms with Gasteiger partial charge in [-0.05, 0) is 37.2 Å². The van der Waals surface area contributed by atoms with Crippen molar-refractivity contribution in [1.82, 2.24) is 19.7 Å². The third kappa shape index (κ3) is 2.90. The van der Waals surface area contributed by atoms with Gasteiger partial charge >= 0.3 is 0 Å². The summed E-state index contributed by atoms with van der Waals surface area (Å²) in [6.07, 6.45) is 1.59. The van der Waals surface area contributed by atoms with Crippen molar-refractivity contribution in [1.29, 1.82) is 0 Å². The Bertz CT molecular complexity index is 781. The van der Waals surface area contributed by atoms with Gasteiger partial charge in [0, 0.05) is 26.1 Å². The molecule has 0 saturated carbocycles. The van der Waals surface area contributed by atoms with Gasteiger partial charge in [-0.1, -0.05) is 6.07 Å². The van der Waals surface area contributed by atoms with E-state index in [0.717, 1.165) is 30.8 Å². The Morgan fingerprint density at radius 3 is 2.70 bits per heavy atom. The van der Waals surface area contributed by atoms with Crippen LogP contribution in [-0.2, 0) is 7.05 Å². The first-order valence-electron chi connectivity index (χ1n) is 7.33. The summed E-state index contributed by atoms with van der Waals surface area (Å²) in [6, 6.07) is 3.43. The van der Waals surface area contributed by atoms with Crippen molar-refractivity contribution in [2.24, 2.45) is 7.05 Å². The standard InChI is InChI=1S/C15H16F2N4OS/c1-20-13(18-19-15(20)23)9-4-3-7-21(8-9)14(22)12-10(16)5-2-6-11(12)17/h2,5-6,9H,3-4,7-8H2,1H3,(H,19,23). The van der Waals surface area contributed by atoms with E-state index in [9.17, 15) is 13.6 Å². The molecule has 23 heavy (non-hydrogen) atoms. The van der Waals surface area contributed by atoms with Crippen molar-refractivity contribution in [3.05, 3.63) is 46.0 Å². The summed E-state index contributed by atoms with van der Waals surface area (Å²) in [7, 11) is 1.80. The van der Waals surface area contributed by atoms with Gasteiger partial charge in [0.15, 0.2) is 4.77 Å². The van der Waals surface area contributed by atoms with Crippen molar-refractivity contribution in [3.63, 3.8) is 0 Å². The number of halogens is 2. The topological polar surface area (TPSA) is 53.9 Å². The van der Waals surface area contributed by atoms with Gasteiger partial charge in [0.25, 0.3) is 5.91 Å². The van der Waals surface area contributed by atoms with Crippen LogP contribution >= 0.6 is 12.2 Å². The molecule has 0 radical (unpaired) electrons. The predicted octanol–water partition coefficient (Wildman–Crippen LogP) is 2.78. The van der Waals surface area contributed by atoms with Crippen LogP contribution in [0.4, 0.5) is 8.78 Å². The van der Waals surface area contributed by atoms with Crippen molar-refractivity contribution < 1.29 is 13.6 Å². The van der Waals surface area contributed by atoms with Crippen molar-refractivity contribution >= 4 is 18.1 Å². The van der Waals surface area contributed by atoms with Gasteiger partial charge in [-0.3, -0.25) is 9.89 Å². The molecular weight excluding hydrogens is 322 g/mol. The zero-order valence-electron chi connectivity index (χ0n) is 12.6. The lowest BCUT2D eigenvalue weighted by atomic mass is 9.96. The summed E-state index contributed by atoms with van der Waals surface area (Å²) in [4.78, 5) is 14.0. The maximum atomic E-state index is 13.8. The zero-order valence-corrected chi connectivity index (χ0v) is 13.4. The average Bonchev–Trinajstić information content (AvgIpc) is 2.87.